The van der Waals surface area contributed by atoms with Crippen LogP contribution in [0.25, 0.3) is 44.1 Å². The second-order valence-corrected chi connectivity index (χ2v) is 9.84. The van der Waals surface area contributed by atoms with Crippen molar-refractivity contribution in [3.63, 3.8) is 0 Å². The molecule has 0 aliphatic heterocycles. The van der Waals surface area contributed by atoms with Gasteiger partial charge in [0.1, 0.15) is 0 Å². The Labute approximate surface area is 224 Å². The van der Waals surface area contributed by atoms with Gasteiger partial charge in [-0.2, -0.15) is 0 Å². The highest BCUT2D eigenvalue weighted by Crippen LogP contribution is 2.43. The van der Waals surface area contributed by atoms with Crippen LogP contribution in [0.2, 0.25) is 0 Å². The molecule has 1 aromatic heterocycles. The van der Waals surface area contributed by atoms with Gasteiger partial charge in [0.2, 0.25) is 0 Å². The fraction of sp³-hybridized carbons (Fsp3) is 0.143. The van der Waals surface area contributed by atoms with Crippen molar-refractivity contribution in [3.05, 3.63) is 133 Å². The summed E-state index contributed by atoms with van der Waals surface area (Å²) in [5.41, 5.74) is 7.16. The molecule has 0 fully saturated rings. The molecule has 0 radical (unpaired) electrons. The number of benzene rings is 5. The number of hydrogen-bond acceptors (Lipinski definition) is 2. The molecule has 0 aliphatic rings. The van der Waals surface area contributed by atoms with E-state index >= 15 is 0 Å². The van der Waals surface area contributed by atoms with Crippen LogP contribution in [0, 0.1) is 0 Å². The van der Waals surface area contributed by atoms with E-state index < -0.39 is 6.10 Å². The molecule has 1 atom stereocenters. The highest BCUT2D eigenvalue weighted by Gasteiger charge is 2.23. The molecule has 0 bridgehead atoms. The van der Waals surface area contributed by atoms with Crippen LogP contribution in [-0.2, 0) is 13.0 Å². The van der Waals surface area contributed by atoms with Gasteiger partial charge in [0.25, 0.3) is 0 Å². The van der Waals surface area contributed by atoms with Crippen LogP contribution in [-0.4, -0.2) is 28.9 Å². The Morgan fingerprint density at radius 1 is 0.632 bits per heavy atom. The number of aliphatic hydroxyl groups is 1. The predicted molar refractivity (Wildman–Crippen MR) is 159 cm³/mol. The second kappa shape index (κ2) is 11.1. The quantitative estimate of drug-likeness (QED) is 0.206. The minimum Gasteiger partial charge on any atom is -0.390 e. The van der Waals surface area contributed by atoms with Gasteiger partial charge in [-0.05, 0) is 35.0 Å². The summed E-state index contributed by atoms with van der Waals surface area (Å²) in [4.78, 5) is 0. The Morgan fingerprint density at radius 3 is 2.00 bits per heavy atom. The van der Waals surface area contributed by atoms with Crippen molar-refractivity contribution in [3.8, 4) is 22.4 Å². The number of aliphatic hydroxyl groups excluding tert-OH is 1. The van der Waals surface area contributed by atoms with E-state index in [-0.39, 0.29) is 0 Å². The van der Waals surface area contributed by atoms with Crippen molar-refractivity contribution in [2.75, 3.05) is 13.1 Å². The average molecular weight is 497 g/mol. The molecule has 0 spiro atoms. The maximum absolute atomic E-state index is 11.3. The smallest absolute Gasteiger partial charge is 0.0843 e. The van der Waals surface area contributed by atoms with Crippen LogP contribution in [0.3, 0.4) is 0 Å². The van der Waals surface area contributed by atoms with Crippen LogP contribution in [0.1, 0.15) is 5.56 Å². The maximum atomic E-state index is 11.3. The van der Waals surface area contributed by atoms with Crippen molar-refractivity contribution in [1.82, 2.24) is 9.88 Å². The molecule has 38 heavy (non-hydrogen) atoms. The second-order valence-electron chi connectivity index (χ2n) is 9.84. The van der Waals surface area contributed by atoms with Gasteiger partial charge in [0.15, 0.2) is 0 Å². The third kappa shape index (κ3) is 4.87. The Bertz CT molecular complexity index is 1640. The summed E-state index contributed by atoms with van der Waals surface area (Å²) in [5.74, 6) is 0. The first-order valence-electron chi connectivity index (χ1n) is 13.4. The highest BCUT2D eigenvalue weighted by molar-refractivity contribution is 6.15. The van der Waals surface area contributed by atoms with Gasteiger partial charge in [-0.25, -0.2) is 0 Å². The summed E-state index contributed by atoms with van der Waals surface area (Å²) in [7, 11) is 0. The Kier molecular flexibility index (Phi) is 7.03. The van der Waals surface area contributed by atoms with E-state index in [1.54, 1.807) is 0 Å². The minimum atomic E-state index is -0.536. The third-order valence-electron chi connectivity index (χ3n) is 7.26. The number of hydrogen-bond donors (Lipinski definition) is 2. The molecule has 0 aliphatic carbocycles. The van der Waals surface area contributed by atoms with E-state index in [9.17, 15) is 5.11 Å². The molecule has 0 unspecified atom stereocenters. The van der Waals surface area contributed by atoms with Crippen molar-refractivity contribution in [1.29, 1.82) is 0 Å². The van der Waals surface area contributed by atoms with Crippen LogP contribution in [0.15, 0.2) is 127 Å². The van der Waals surface area contributed by atoms with Crippen molar-refractivity contribution in [2.24, 2.45) is 0 Å². The number of rotatable bonds is 9. The number of nitrogens with one attached hydrogen (secondary N) is 1. The van der Waals surface area contributed by atoms with E-state index in [1.165, 1.54) is 38.4 Å². The normalized spacial score (nSPS) is 12.2. The van der Waals surface area contributed by atoms with Gasteiger partial charge in [0.05, 0.1) is 23.9 Å². The highest BCUT2D eigenvalue weighted by atomic mass is 16.3. The summed E-state index contributed by atoms with van der Waals surface area (Å²) in [5, 5.41) is 18.4. The van der Waals surface area contributed by atoms with Gasteiger partial charge in [0, 0.05) is 22.9 Å². The van der Waals surface area contributed by atoms with Crippen LogP contribution >= 0.6 is 0 Å². The van der Waals surface area contributed by atoms with E-state index in [2.05, 4.69) is 131 Å². The predicted octanol–water partition coefficient (Wildman–Crippen LogP) is 7.32. The van der Waals surface area contributed by atoms with Crippen LogP contribution in [0.4, 0.5) is 0 Å². The van der Waals surface area contributed by atoms with Crippen molar-refractivity contribution in [2.45, 2.75) is 19.1 Å². The van der Waals surface area contributed by atoms with Crippen LogP contribution < -0.4 is 5.32 Å². The molecule has 3 heteroatoms. The minimum absolute atomic E-state index is 0.500. The summed E-state index contributed by atoms with van der Waals surface area (Å²) < 4.78 is 2.35. The molecule has 3 nitrogen and oxygen atoms in total. The number of nitrogens with zero attached hydrogens (tertiary/aromatic N) is 1. The van der Waals surface area contributed by atoms with E-state index in [0.717, 1.165) is 24.2 Å². The van der Waals surface area contributed by atoms with Gasteiger partial charge >= 0.3 is 0 Å². The molecule has 1 heterocycles. The maximum Gasteiger partial charge on any atom is 0.0843 e. The van der Waals surface area contributed by atoms with Gasteiger partial charge in [-0.15, -0.1) is 0 Å². The zero-order valence-corrected chi connectivity index (χ0v) is 21.4. The zero-order valence-electron chi connectivity index (χ0n) is 21.4. The van der Waals surface area contributed by atoms with Gasteiger partial charge in [-0.3, -0.25) is 0 Å². The monoisotopic (exact) mass is 496 g/mol. The SMILES string of the molecule is O[C@H](CNCCc1ccccc1)Cn1c(-c2ccccc2)c(-c2ccccc2)c2ccc3ccccc3c21. The zero-order chi connectivity index (χ0) is 25.7. The Hall–Kier alpha value is -4.18. The molecule has 5 aromatic carbocycles. The van der Waals surface area contributed by atoms with E-state index in [1.807, 2.05) is 6.07 Å². The molecule has 2 N–H and O–H groups in total. The molecular formula is C35H32N2O. The summed E-state index contributed by atoms with van der Waals surface area (Å²) >= 11 is 0. The first-order chi connectivity index (χ1) is 18.8. The summed E-state index contributed by atoms with van der Waals surface area (Å²) in [6.07, 6.45) is 0.407. The lowest BCUT2D eigenvalue weighted by Crippen LogP contribution is -2.31. The van der Waals surface area contributed by atoms with Crippen molar-refractivity contribution >= 4 is 21.7 Å². The first-order valence-corrected chi connectivity index (χ1v) is 13.4. The Morgan fingerprint density at radius 2 is 1.26 bits per heavy atom. The molecular weight excluding hydrogens is 464 g/mol. The van der Waals surface area contributed by atoms with Crippen LogP contribution in [0.5, 0.6) is 0 Å². The fourth-order valence-corrected chi connectivity index (χ4v) is 5.52. The first kappa shape index (κ1) is 24.2. The molecule has 188 valence electrons. The number of aromatic nitrogens is 1. The van der Waals surface area contributed by atoms with E-state index in [4.69, 9.17) is 0 Å². The standard InChI is InChI=1S/C35H32N2O/c38-30(24-36-23-22-26-12-4-1-5-13-26)25-37-34(29-17-8-3-9-18-29)33(28-15-6-2-7-16-28)32-21-20-27-14-10-11-19-31(27)35(32)37/h1-21,30,36,38H,22-25H2/t30-/m1/s1. The van der Waals surface area contributed by atoms with Gasteiger partial charge in [-0.1, -0.05) is 127 Å². The van der Waals surface area contributed by atoms with E-state index in [0.29, 0.717) is 13.1 Å². The third-order valence-corrected chi connectivity index (χ3v) is 7.26. The molecule has 0 amide bonds. The lowest BCUT2D eigenvalue weighted by Gasteiger charge is -2.18. The fourth-order valence-electron chi connectivity index (χ4n) is 5.52. The molecule has 6 rings (SSSR count). The molecule has 0 saturated heterocycles. The van der Waals surface area contributed by atoms with Crippen molar-refractivity contribution < 1.29 is 5.11 Å². The summed E-state index contributed by atoms with van der Waals surface area (Å²) in [6, 6.07) is 44.7. The lowest BCUT2D eigenvalue weighted by atomic mass is 9.97. The topological polar surface area (TPSA) is 37.2 Å². The largest absolute Gasteiger partial charge is 0.390 e. The lowest BCUT2D eigenvalue weighted by molar-refractivity contribution is 0.154. The van der Waals surface area contributed by atoms with Gasteiger partial charge < -0.3 is 15.0 Å². The Balaban J connectivity index is 1.43. The average Bonchev–Trinajstić information content (AvgIpc) is 3.31. The molecule has 0 saturated carbocycles. The molecule has 6 aromatic rings. The summed E-state index contributed by atoms with van der Waals surface area (Å²) in [6.45, 7) is 1.86. The number of fused-ring (bicyclic) bond motifs is 3.